The first-order chi connectivity index (χ1) is 8.53. The van der Waals surface area contributed by atoms with E-state index >= 15 is 0 Å². The van der Waals surface area contributed by atoms with Gasteiger partial charge < -0.3 is 5.11 Å². The molecular formula is C11H12N2O3S2. The minimum Gasteiger partial charge on any atom is -0.391 e. The molecule has 96 valence electrons. The van der Waals surface area contributed by atoms with Crippen LogP contribution in [0.1, 0.15) is 10.4 Å². The van der Waals surface area contributed by atoms with Crippen molar-refractivity contribution in [3.63, 3.8) is 0 Å². The third kappa shape index (κ3) is 2.69. The van der Waals surface area contributed by atoms with Crippen molar-refractivity contribution in [1.82, 2.24) is 4.98 Å². The van der Waals surface area contributed by atoms with E-state index in [1.54, 1.807) is 31.3 Å². The summed E-state index contributed by atoms with van der Waals surface area (Å²) in [6, 6.07) is 4.82. The molecule has 0 saturated heterocycles. The van der Waals surface area contributed by atoms with Crippen LogP contribution >= 0.6 is 11.3 Å². The molecule has 0 atom stereocenters. The van der Waals surface area contributed by atoms with Crippen LogP contribution in [-0.2, 0) is 16.6 Å². The van der Waals surface area contributed by atoms with Gasteiger partial charge in [0.2, 0.25) is 0 Å². The smallest absolute Gasteiger partial charge is 0.271 e. The number of aliphatic hydroxyl groups excluding tert-OH is 1. The van der Waals surface area contributed by atoms with Crippen molar-refractivity contribution in [2.75, 3.05) is 4.72 Å². The SMILES string of the molecule is Cc1cc(S(=O)(=O)Nc2cccnc2)sc1CO. The van der Waals surface area contributed by atoms with Crippen LogP contribution in [0.3, 0.4) is 0 Å². The lowest BCUT2D eigenvalue weighted by atomic mass is 10.3. The Kier molecular flexibility index (Phi) is 3.65. The van der Waals surface area contributed by atoms with Crippen LogP contribution in [0.15, 0.2) is 34.8 Å². The van der Waals surface area contributed by atoms with Crippen molar-refractivity contribution in [3.05, 3.63) is 41.0 Å². The molecule has 2 rings (SSSR count). The predicted molar refractivity (Wildman–Crippen MR) is 70.0 cm³/mol. The summed E-state index contributed by atoms with van der Waals surface area (Å²) < 4.78 is 26.8. The van der Waals surface area contributed by atoms with Crippen LogP contribution in [0.5, 0.6) is 0 Å². The molecule has 5 nitrogen and oxygen atoms in total. The second-order valence-corrected chi connectivity index (χ2v) is 6.72. The fourth-order valence-electron chi connectivity index (χ4n) is 1.41. The Labute approximate surface area is 109 Å². The fourth-order valence-corrected chi connectivity index (χ4v) is 3.90. The van der Waals surface area contributed by atoms with Crippen molar-refractivity contribution in [2.24, 2.45) is 0 Å². The first kappa shape index (κ1) is 13.0. The van der Waals surface area contributed by atoms with E-state index in [0.717, 1.165) is 16.9 Å². The van der Waals surface area contributed by atoms with E-state index in [-0.39, 0.29) is 10.8 Å². The molecule has 2 aromatic heterocycles. The van der Waals surface area contributed by atoms with E-state index in [1.165, 1.54) is 6.20 Å². The van der Waals surface area contributed by atoms with Crippen LogP contribution in [0.2, 0.25) is 0 Å². The summed E-state index contributed by atoms with van der Waals surface area (Å²) >= 11 is 1.06. The molecule has 0 saturated carbocycles. The third-order valence-corrected chi connectivity index (χ3v) is 5.40. The maximum absolute atomic E-state index is 12.1. The predicted octanol–water partition coefficient (Wildman–Crippen LogP) is 1.74. The second-order valence-electron chi connectivity index (χ2n) is 3.68. The van der Waals surface area contributed by atoms with E-state index in [2.05, 4.69) is 9.71 Å². The number of sulfonamides is 1. The van der Waals surface area contributed by atoms with Gasteiger partial charge in [-0.15, -0.1) is 11.3 Å². The highest BCUT2D eigenvalue weighted by Gasteiger charge is 2.18. The average molecular weight is 284 g/mol. The van der Waals surface area contributed by atoms with Crippen LogP contribution in [-0.4, -0.2) is 18.5 Å². The lowest BCUT2D eigenvalue weighted by molar-refractivity contribution is 0.285. The molecule has 0 fully saturated rings. The molecule has 7 heteroatoms. The number of thiophene rings is 1. The normalized spacial score (nSPS) is 11.4. The minimum absolute atomic E-state index is 0.154. The maximum atomic E-state index is 12.1. The summed E-state index contributed by atoms with van der Waals surface area (Å²) in [4.78, 5) is 4.49. The summed E-state index contributed by atoms with van der Waals surface area (Å²) in [5.74, 6) is 0. The Morgan fingerprint density at radius 2 is 2.28 bits per heavy atom. The zero-order valence-corrected chi connectivity index (χ0v) is 11.3. The summed E-state index contributed by atoms with van der Waals surface area (Å²) in [5, 5.41) is 9.07. The first-order valence-electron chi connectivity index (χ1n) is 5.16. The molecule has 0 aromatic carbocycles. The van der Waals surface area contributed by atoms with Crippen molar-refractivity contribution in [3.8, 4) is 0 Å². The van der Waals surface area contributed by atoms with Gasteiger partial charge in [-0.3, -0.25) is 9.71 Å². The summed E-state index contributed by atoms with van der Waals surface area (Å²) in [7, 11) is -3.61. The molecule has 0 unspecified atom stereocenters. The number of aromatic nitrogens is 1. The maximum Gasteiger partial charge on any atom is 0.271 e. The zero-order valence-electron chi connectivity index (χ0n) is 9.62. The molecule has 0 aliphatic rings. The van der Waals surface area contributed by atoms with Crippen molar-refractivity contribution in [2.45, 2.75) is 17.7 Å². The van der Waals surface area contributed by atoms with Gasteiger partial charge in [-0.05, 0) is 30.7 Å². The van der Waals surface area contributed by atoms with Gasteiger partial charge in [0, 0.05) is 11.1 Å². The largest absolute Gasteiger partial charge is 0.391 e. The summed E-state index contributed by atoms with van der Waals surface area (Å²) in [6.07, 6.45) is 3.00. The highest BCUT2D eigenvalue weighted by atomic mass is 32.2. The Hall–Kier alpha value is -1.44. The zero-order chi connectivity index (χ0) is 13.2. The van der Waals surface area contributed by atoms with Gasteiger partial charge in [0.05, 0.1) is 18.5 Å². The van der Waals surface area contributed by atoms with Gasteiger partial charge in [-0.25, -0.2) is 8.42 Å². The minimum atomic E-state index is -3.61. The number of aliphatic hydroxyl groups is 1. The van der Waals surface area contributed by atoms with E-state index < -0.39 is 10.0 Å². The highest BCUT2D eigenvalue weighted by molar-refractivity contribution is 7.94. The summed E-state index contributed by atoms with van der Waals surface area (Å²) in [5.41, 5.74) is 1.18. The number of aryl methyl sites for hydroxylation is 1. The highest BCUT2D eigenvalue weighted by Crippen LogP contribution is 2.27. The van der Waals surface area contributed by atoms with Crippen LogP contribution < -0.4 is 4.72 Å². The molecule has 0 bridgehead atoms. The second kappa shape index (κ2) is 5.05. The number of anilines is 1. The van der Waals surface area contributed by atoms with Gasteiger partial charge in [-0.1, -0.05) is 0 Å². The molecule has 18 heavy (non-hydrogen) atoms. The fraction of sp³-hybridized carbons (Fsp3) is 0.182. The first-order valence-corrected chi connectivity index (χ1v) is 7.46. The van der Waals surface area contributed by atoms with Crippen LogP contribution in [0.25, 0.3) is 0 Å². The van der Waals surface area contributed by atoms with Crippen molar-refractivity contribution >= 4 is 27.0 Å². The Morgan fingerprint density at radius 3 is 2.83 bits per heavy atom. The summed E-state index contributed by atoms with van der Waals surface area (Å²) in [6.45, 7) is 1.62. The lowest BCUT2D eigenvalue weighted by Gasteiger charge is -2.04. The topological polar surface area (TPSA) is 79.3 Å². The van der Waals surface area contributed by atoms with Crippen molar-refractivity contribution in [1.29, 1.82) is 0 Å². The van der Waals surface area contributed by atoms with Gasteiger partial charge in [-0.2, -0.15) is 0 Å². The number of rotatable bonds is 4. The molecule has 0 amide bonds. The van der Waals surface area contributed by atoms with E-state index in [9.17, 15) is 8.42 Å². The number of pyridine rings is 1. The molecule has 0 aliphatic carbocycles. The Morgan fingerprint density at radius 1 is 1.50 bits per heavy atom. The number of hydrogen-bond donors (Lipinski definition) is 2. The van der Waals surface area contributed by atoms with Crippen LogP contribution in [0.4, 0.5) is 5.69 Å². The van der Waals surface area contributed by atoms with Gasteiger partial charge in [0.15, 0.2) is 0 Å². The third-order valence-electron chi connectivity index (χ3n) is 2.32. The number of hydrogen-bond acceptors (Lipinski definition) is 5. The molecule has 0 radical (unpaired) electrons. The average Bonchev–Trinajstić information content (AvgIpc) is 2.72. The van der Waals surface area contributed by atoms with Crippen LogP contribution in [0, 0.1) is 6.92 Å². The van der Waals surface area contributed by atoms with Gasteiger partial charge in [0.1, 0.15) is 4.21 Å². The molecule has 2 N–H and O–H groups in total. The van der Waals surface area contributed by atoms with Gasteiger partial charge >= 0.3 is 0 Å². The van der Waals surface area contributed by atoms with E-state index in [4.69, 9.17) is 5.11 Å². The molecule has 2 aromatic rings. The number of nitrogens with one attached hydrogen (secondary N) is 1. The number of nitrogens with zero attached hydrogens (tertiary/aromatic N) is 1. The van der Waals surface area contributed by atoms with Crippen molar-refractivity contribution < 1.29 is 13.5 Å². The standard InChI is InChI=1S/C11H12N2O3S2/c1-8-5-11(17-10(8)7-14)18(15,16)13-9-3-2-4-12-6-9/h2-6,13-14H,7H2,1H3. The monoisotopic (exact) mass is 284 g/mol. The Bertz CT molecular complexity index is 636. The Balaban J connectivity index is 2.31. The molecule has 2 heterocycles. The molecular weight excluding hydrogens is 272 g/mol. The van der Waals surface area contributed by atoms with E-state index in [0.29, 0.717) is 10.6 Å². The lowest BCUT2D eigenvalue weighted by Crippen LogP contribution is -2.11. The van der Waals surface area contributed by atoms with Gasteiger partial charge in [0.25, 0.3) is 10.0 Å². The quantitative estimate of drug-likeness (QED) is 0.896. The van der Waals surface area contributed by atoms with E-state index in [1.807, 2.05) is 0 Å². The molecule has 0 aliphatic heterocycles. The molecule has 0 spiro atoms.